The molecule has 0 amide bonds. The smallest absolute Gasteiger partial charge is 0.264 e. The van der Waals surface area contributed by atoms with Gasteiger partial charge in [0, 0.05) is 29.8 Å². The number of hydrogen-bond donors (Lipinski definition) is 0. The predicted octanol–water partition coefficient (Wildman–Crippen LogP) is 1.23. The Balaban J connectivity index is 2.55. The van der Waals surface area contributed by atoms with E-state index < -0.39 is 9.05 Å². The topological polar surface area (TPSA) is 52.0 Å². The van der Waals surface area contributed by atoms with E-state index in [4.69, 9.17) is 10.7 Å². The summed E-state index contributed by atoms with van der Waals surface area (Å²) in [6.45, 7) is 0. The van der Waals surface area contributed by atoms with E-state index >= 15 is 0 Å². The van der Waals surface area contributed by atoms with Crippen molar-refractivity contribution in [3.63, 3.8) is 0 Å². The summed E-state index contributed by atoms with van der Waals surface area (Å²) in [7, 11) is 3.33. The fourth-order valence-corrected chi connectivity index (χ4v) is 2.40. The van der Waals surface area contributed by atoms with Crippen LogP contribution in [0, 0.1) is 0 Å². The zero-order valence-corrected chi connectivity index (χ0v) is 8.64. The highest BCUT2D eigenvalue weighted by Crippen LogP contribution is 2.42. The van der Waals surface area contributed by atoms with Crippen LogP contribution in [0.2, 0.25) is 0 Å². The van der Waals surface area contributed by atoms with Crippen LogP contribution in [0.5, 0.6) is 0 Å². The molecule has 0 saturated heterocycles. The highest BCUT2D eigenvalue weighted by Gasteiger charge is 2.32. The normalized spacial score (nSPS) is 17.7. The van der Waals surface area contributed by atoms with Crippen molar-refractivity contribution in [2.75, 3.05) is 0 Å². The molecule has 0 unspecified atom stereocenters. The molecular weight excluding hydrogens is 212 g/mol. The molecule has 0 aromatic carbocycles. The van der Waals surface area contributed by atoms with Crippen LogP contribution in [0.25, 0.3) is 0 Å². The van der Waals surface area contributed by atoms with E-state index in [9.17, 15) is 8.42 Å². The van der Waals surface area contributed by atoms with Crippen molar-refractivity contribution in [3.8, 4) is 0 Å². The Morgan fingerprint density at radius 3 is 2.69 bits per heavy atom. The van der Waals surface area contributed by atoms with E-state index in [1.807, 2.05) is 0 Å². The van der Waals surface area contributed by atoms with Gasteiger partial charge in [0.1, 0.15) is 4.90 Å². The van der Waals surface area contributed by atoms with E-state index in [0.717, 1.165) is 12.8 Å². The molecule has 1 aromatic heterocycles. The molecule has 0 atom stereocenters. The standard InChI is InChI=1S/C7H9ClN2O2S/c1-10-4-6(13(8,11)12)7(9-10)5-2-3-5/h4-5H,2-3H2,1H3. The molecule has 0 spiro atoms. The Morgan fingerprint density at radius 1 is 1.62 bits per heavy atom. The lowest BCUT2D eigenvalue weighted by Crippen LogP contribution is -1.93. The van der Waals surface area contributed by atoms with E-state index in [0.29, 0.717) is 11.6 Å². The van der Waals surface area contributed by atoms with Crippen LogP contribution in [-0.4, -0.2) is 18.2 Å². The average molecular weight is 221 g/mol. The fraction of sp³-hybridized carbons (Fsp3) is 0.571. The zero-order chi connectivity index (χ0) is 9.64. The maximum atomic E-state index is 11.1. The third-order valence-corrected chi connectivity index (χ3v) is 3.39. The first kappa shape index (κ1) is 9.02. The van der Waals surface area contributed by atoms with Crippen molar-refractivity contribution in [1.29, 1.82) is 0 Å². The number of hydrogen-bond acceptors (Lipinski definition) is 3. The third kappa shape index (κ3) is 1.71. The van der Waals surface area contributed by atoms with E-state index in [1.165, 1.54) is 10.9 Å². The second-order valence-corrected chi connectivity index (χ2v) is 5.80. The SMILES string of the molecule is Cn1cc(S(=O)(=O)Cl)c(C2CC2)n1. The number of nitrogens with zero attached hydrogens (tertiary/aromatic N) is 2. The van der Waals surface area contributed by atoms with Crippen LogP contribution in [0.15, 0.2) is 11.1 Å². The molecule has 1 fully saturated rings. The molecule has 4 nitrogen and oxygen atoms in total. The molecule has 1 aliphatic rings. The van der Waals surface area contributed by atoms with Crippen molar-refractivity contribution < 1.29 is 8.42 Å². The minimum absolute atomic E-state index is 0.166. The van der Waals surface area contributed by atoms with E-state index in [1.54, 1.807) is 7.05 Å². The van der Waals surface area contributed by atoms with Crippen LogP contribution >= 0.6 is 10.7 Å². The Hall–Kier alpha value is -0.550. The van der Waals surface area contributed by atoms with Gasteiger partial charge >= 0.3 is 0 Å². The maximum absolute atomic E-state index is 11.1. The van der Waals surface area contributed by atoms with Gasteiger partial charge in [0.2, 0.25) is 0 Å². The quantitative estimate of drug-likeness (QED) is 0.705. The summed E-state index contributed by atoms with van der Waals surface area (Å²) in [6, 6.07) is 0. The molecule has 0 radical (unpaired) electrons. The molecule has 0 bridgehead atoms. The largest absolute Gasteiger partial charge is 0.274 e. The third-order valence-electron chi connectivity index (χ3n) is 2.05. The first-order valence-corrected chi connectivity index (χ1v) is 6.27. The summed E-state index contributed by atoms with van der Waals surface area (Å²) in [5, 5.41) is 4.09. The predicted molar refractivity (Wildman–Crippen MR) is 48.2 cm³/mol. The first-order valence-electron chi connectivity index (χ1n) is 3.96. The number of aromatic nitrogens is 2. The summed E-state index contributed by atoms with van der Waals surface area (Å²) >= 11 is 0. The lowest BCUT2D eigenvalue weighted by molar-refractivity contribution is 0.608. The zero-order valence-electron chi connectivity index (χ0n) is 7.07. The lowest BCUT2D eigenvalue weighted by Gasteiger charge is -1.93. The molecule has 72 valence electrons. The van der Waals surface area contributed by atoms with E-state index in [2.05, 4.69) is 5.10 Å². The highest BCUT2D eigenvalue weighted by atomic mass is 35.7. The molecule has 0 aliphatic heterocycles. The van der Waals surface area contributed by atoms with Gasteiger partial charge in [-0.05, 0) is 12.8 Å². The molecular formula is C7H9ClN2O2S. The van der Waals surface area contributed by atoms with Crippen LogP contribution in [0.1, 0.15) is 24.5 Å². The van der Waals surface area contributed by atoms with Crippen molar-refractivity contribution in [2.45, 2.75) is 23.7 Å². The molecule has 1 saturated carbocycles. The van der Waals surface area contributed by atoms with Gasteiger partial charge in [-0.25, -0.2) is 8.42 Å². The van der Waals surface area contributed by atoms with Gasteiger partial charge in [0.25, 0.3) is 9.05 Å². The van der Waals surface area contributed by atoms with E-state index in [-0.39, 0.29) is 4.90 Å². The summed E-state index contributed by atoms with van der Waals surface area (Å²) in [6.07, 6.45) is 3.48. The molecule has 1 aliphatic carbocycles. The van der Waals surface area contributed by atoms with Crippen molar-refractivity contribution in [1.82, 2.24) is 9.78 Å². The van der Waals surface area contributed by atoms with Gasteiger partial charge in [-0.3, -0.25) is 4.68 Å². The first-order chi connectivity index (χ1) is 5.98. The maximum Gasteiger partial charge on any atom is 0.264 e. The summed E-state index contributed by atoms with van der Waals surface area (Å²) in [5.74, 6) is 0.296. The minimum Gasteiger partial charge on any atom is -0.274 e. The van der Waals surface area contributed by atoms with Gasteiger partial charge in [0.05, 0.1) is 5.69 Å². The summed E-state index contributed by atoms with van der Waals surface area (Å²) in [4.78, 5) is 0.166. The second kappa shape index (κ2) is 2.72. The van der Waals surface area contributed by atoms with Crippen molar-refractivity contribution >= 4 is 19.7 Å². The van der Waals surface area contributed by atoms with Gasteiger partial charge in [0.15, 0.2) is 0 Å². The molecule has 13 heavy (non-hydrogen) atoms. The average Bonchev–Trinajstić information content (AvgIpc) is 2.73. The Bertz CT molecular complexity index is 433. The van der Waals surface area contributed by atoms with Gasteiger partial charge in [-0.15, -0.1) is 0 Å². The number of halogens is 1. The molecule has 2 rings (SSSR count). The highest BCUT2D eigenvalue weighted by molar-refractivity contribution is 8.13. The summed E-state index contributed by atoms with van der Waals surface area (Å²) in [5.41, 5.74) is 0.623. The number of aryl methyl sites for hydroxylation is 1. The fourth-order valence-electron chi connectivity index (χ4n) is 1.31. The summed E-state index contributed by atoms with van der Waals surface area (Å²) < 4.78 is 23.7. The Kier molecular flexibility index (Phi) is 1.89. The van der Waals surface area contributed by atoms with Gasteiger partial charge < -0.3 is 0 Å². The lowest BCUT2D eigenvalue weighted by atomic mass is 10.3. The van der Waals surface area contributed by atoms with Crippen molar-refractivity contribution in [2.24, 2.45) is 7.05 Å². The molecule has 0 N–H and O–H groups in total. The van der Waals surface area contributed by atoms with Gasteiger partial charge in [-0.1, -0.05) is 0 Å². The van der Waals surface area contributed by atoms with Crippen molar-refractivity contribution in [3.05, 3.63) is 11.9 Å². The second-order valence-electron chi connectivity index (χ2n) is 3.26. The molecule has 1 aromatic rings. The van der Waals surface area contributed by atoms with Crippen LogP contribution in [0.3, 0.4) is 0 Å². The Labute approximate surface area is 80.9 Å². The molecule has 6 heteroatoms. The Morgan fingerprint density at radius 2 is 2.23 bits per heavy atom. The van der Waals surface area contributed by atoms with Gasteiger partial charge in [-0.2, -0.15) is 5.10 Å². The van der Waals surface area contributed by atoms with Crippen LogP contribution in [-0.2, 0) is 16.1 Å². The number of rotatable bonds is 2. The molecule has 1 heterocycles. The van der Waals surface area contributed by atoms with Crippen LogP contribution < -0.4 is 0 Å². The minimum atomic E-state index is -3.63. The van der Waals surface area contributed by atoms with Crippen LogP contribution in [0.4, 0.5) is 0 Å². The monoisotopic (exact) mass is 220 g/mol.